The van der Waals surface area contributed by atoms with Gasteiger partial charge in [0.25, 0.3) is 0 Å². The summed E-state index contributed by atoms with van der Waals surface area (Å²) in [6, 6.07) is 7.80. The highest BCUT2D eigenvalue weighted by atomic mass is 16.5. The van der Waals surface area contributed by atoms with Crippen LogP contribution in [-0.2, 0) is 0 Å². The summed E-state index contributed by atoms with van der Waals surface area (Å²) in [6.07, 6.45) is 3.11. The molecule has 0 aliphatic carbocycles. The van der Waals surface area contributed by atoms with Crippen molar-refractivity contribution in [2.75, 3.05) is 25.4 Å². The molecular weight excluding hydrogens is 264 g/mol. The van der Waals surface area contributed by atoms with E-state index in [1.165, 1.54) is 19.3 Å². The summed E-state index contributed by atoms with van der Waals surface area (Å²) in [5, 5.41) is 10.2. The number of hydrogen-bond donors (Lipinski definition) is 2. The van der Waals surface area contributed by atoms with Crippen LogP contribution in [-0.4, -0.2) is 41.8 Å². The first-order valence-corrected chi connectivity index (χ1v) is 7.94. The zero-order valence-electron chi connectivity index (χ0n) is 13.6. The minimum absolute atomic E-state index is 0.269. The number of para-hydroxylation sites is 2. The molecule has 1 rings (SSSR count). The van der Waals surface area contributed by atoms with E-state index in [0.717, 1.165) is 6.54 Å². The van der Waals surface area contributed by atoms with E-state index in [2.05, 4.69) is 25.7 Å². The van der Waals surface area contributed by atoms with Crippen molar-refractivity contribution in [1.29, 1.82) is 0 Å². The third-order valence-electron chi connectivity index (χ3n) is 3.57. The van der Waals surface area contributed by atoms with Crippen LogP contribution in [0.3, 0.4) is 0 Å². The molecule has 21 heavy (non-hydrogen) atoms. The van der Waals surface area contributed by atoms with Gasteiger partial charge in [-0.15, -0.1) is 0 Å². The van der Waals surface area contributed by atoms with Crippen molar-refractivity contribution < 1.29 is 9.84 Å². The second kappa shape index (κ2) is 9.64. The van der Waals surface area contributed by atoms with Crippen molar-refractivity contribution in [3.05, 3.63) is 24.3 Å². The van der Waals surface area contributed by atoms with Crippen molar-refractivity contribution in [3.8, 4) is 5.75 Å². The average Bonchev–Trinajstić information content (AvgIpc) is 2.45. The fourth-order valence-corrected chi connectivity index (χ4v) is 2.25. The monoisotopic (exact) mass is 294 g/mol. The SMILES string of the molecule is CCCCCN(CC(O)COc1ccccc1N)C(C)C. The number of benzene rings is 1. The highest BCUT2D eigenvalue weighted by Gasteiger charge is 2.15. The van der Waals surface area contributed by atoms with E-state index in [9.17, 15) is 5.11 Å². The van der Waals surface area contributed by atoms with Crippen molar-refractivity contribution in [2.45, 2.75) is 52.2 Å². The van der Waals surface area contributed by atoms with Gasteiger partial charge in [0.2, 0.25) is 0 Å². The Kier molecular flexibility index (Phi) is 8.16. The fourth-order valence-electron chi connectivity index (χ4n) is 2.25. The van der Waals surface area contributed by atoms with E-state index in [1.807, 2.05) is 18.2 Å². The van der Waals surface area contributed by atoms with Gasteiger partial charge in [-0.2, -0.15) is 0 Å². The van der Waals surface area contributed by atoms with Crippen LogP contribution in [0.1, 0.15) is 40.0 Å². The first kappa shape index (κ1) is 17.8. The van der Waals surface area contributed by atoms with Gasteiger partial charge in [-0.25, -0.2) is 0 Å². The van der Waals surface area contributed by atoms with Gasteiger partial charge in [0.1, 0.15) is 18.5 Å². The largest absolute Gasteiger partial charge is 0.489 e. The molecule has 0 bridgehead atoms. The predicted molar refractivity (Wildman–Crippen MR) is 88.6 cm³/mol. The molecule has 1 aromatic rings. The maximum Gasteiger partial charge on any atom is 0.142 e. The van der Waals surface area contributed by atoms with Gasteiger partial charge in [-0.05, 0) is 38.9 Å². The van der Waals surface area contributed by atoms with Crippen LogP contribution in [0.15, 0.2) is 24.3 Å². The quantitative estimate of drug-likeness (QED) is 0.514. The Morgan fingerprint density at radius 2 is 1.95 bits per heavy atom. The summed E-state index contributed by atoms with van der Waals surface area (Å²) in [5.41, 5.74) is 6.43. The second-order valence-electron chi connectivity index (χ2n) is 5.80. The molecule has 0 saturated carbocycles. The van der Waals surface area contributed by atoms with Gasteiger partial charge in [-0.1, -0.05) is 31.9 Å². The summed E-state index contributed by atoms with van der Waals surface area (Å²) in [7, 11) is 0. The molecule has 0 heterocycles. The van der Waals surface area contributed by atoms with E-state index in [0.29, 0.717) is 24.0 Å². The summed E-state index contributed by atoms with van der Waals surface area (Å²) in [5.74, 6) is 0.638. The topological polar surface area (TPSA) is 58.7 Å². The molecule has 0 aromatic heterocycles. The van der Waals surface area contributed by atoms with Gasteiger partial charge >= 0.3 is 0 Å². The lowest BCUT2D eigenvalue weighted by atomic mass is 10.2. The average molecular weight is 294 g/mol. The summed E-state index contributed by atoms with van der Waals surface area (Å²) >= 11 is 0. The van der Waals surface area contributed by atoms with Crippen LogP contribution in [0.2, 0.25) is 0 Å². The number of hydrogen-bond acceptors (Lipinski definition) is 4. The van der Waals surface area contributed by atoms with Gasteiger partial charge in [-0.3, -0.25) is 4.90 Å². The number of aliphatic hydroxyl groups is 1. The molecule has 0 spiro atoms. The van der Waals surface area contributed by atoms with E-state index in [1.54, 1.807) is 6.07 Å². The number of nitrogen functional groups attached to an aromatic ring is 1. The van der Waals surface area contributed by atoms with Gasteiger partial charge in [0.05, 0.1) is 5.69 Å². The fraction of sp³-hybridized carbons (Fsp3) is 0.647. The standard InChI is InChI=1S/C17H30N2O2/c1-4-5-8-11-19(14(2)3)12-15(20)13-21-17-10-7-6-9-16(17)18/h6-7,9-10,14-15,20H,4-5,8,11-13,18H2,1-3H3. The predicted octanol–water partition coefficient (Wildman–Crippen LogP) is 2.91. The number of ether oxygens (including phenoxy) is 1. The molecule has 0 fully saturated rings. The Labute approximate surface area is 128 Å². The molecule has 1 aromatic carbocycles. The zero-order valence-corrected chi connectivity index (χ0v) is 13.6. The molecule has 1 unspecified atom stereocenters. The minimum atomic E-state index is -0.506. The Morgan fingerprint density at radius 1 is 1.24 bits per heavy atom. The molecule has 0 amide bonds. The van der Waals surface area contributed by atoms with Crippen LogP contribution in [0.4, 0.5) is 5.69 Å². The van der Waals surface area contributed by atoms with Crippen molar-refractivity contribution in [2.24, 2.45) is 0 Å². The molecular formula is C17H30N2O2. The first-order valence-electron chi connectivity index (χ1n) is 7.94. The number of rotatable bonds is 10. The number of anilines is 1. The van der Waals surface area contributed by atoms with Crippen molar-refractivity contribution >= 4 is 5.69 Å². The van der Waals surface area contributed by atoms with Crippen LogP contribution in [0.5, 0.6) is 5.75 Å². The van der Waals surface area contributed by atoms with Crippen molar-refractivity contribution in [1.82, 2.24) is 4.90 Å². The maximum atomic E-state index is 10.2. The Bertz CT molecular complexity index is 396. The smallest absolute Gasteiger partial charge is 0.142 e. The van der Waals surface area contributed by atoms with Gasteiger partial charge in [0, 0.05) is 12.6 Å². The molecule has 0 radical (unpaired) electrons. The zero-order chi connectivity index (χ0) is 15.7. The third kappa shape index (κ3) is 6.82. The molecule has 120 valence electrons. The highest BCUT2D eigenvalue weighted by Crippen LogP contribution is 2.19. The van der Waals surface area contributed by atoms with Crippen LogP contribution in [0, 0.1) is 0 Å². The molecule has 4 heteroatoms. The molecule has 1 atom stereocenters. The van der Waals surface area contributed by atoms with E-state index >= 15 is 0 Å². The van der Waals surface area contributed by atoms with Crippen LogP contribution >= 0.6 is 0 Å². The number of unbranched alkanes of at least 4 members (excludes halogenated alkanes) is 2. The minimum Gasteiger partial charge on any atom is -0.489 e. The Morgan fingerprint density at radius 3 is 2.57 bits per heavy atom. The maximum absolute atomic E-state index is 10.2. The van der Waals surface area contributed by atoms with E-state index in [-0.39, 0.29) is 6.61 Å². The lowest BCUT2D eigenvalue weighted by molar-refractivity contribution is 0.0570. The summed E-state index contributed by atoms with van der Waals surface area (Å²) in [6.45, 7) is 8.45. The number of aliphatic hydroxyl groups excluding tert-OH is 1. The van der Waals surface area contributed by atoms with Gasteiger partial charge in [0.15, 0.2) is 0 Å². The normalized spacial score (nSPS) is 12.9. The third-order valence-corrected chi connectivity index (χ3v) is 3.57. The van der Waals surface area contributed by atoms with Crippen LogP contribution < -0.4 is 10.5 Å². The number of nitrogens with two attached hydrogens (primary N) is 1. The molecule has 0 aliphatic rings. The van der Waals surface area contributed by atoms with Crippen molar-refractivity contribution in [3.63, 3.8) is 0 Å². The lowest BCUT2D eigenvalue weighted by Crippen LogP contribution is -2.40. The summed E-state index contributed by atoms with van der Waals surface area (Å²) in [4.78, 5) is 2.30. The Balaban J connectivity index is 2.39. The Hall–Kier alpha value is -1.26. The second-order valence-corrected chi connectivity index (χ2v) is 5.80. The highest BCUT2D eigenvalue weighted by molar-refractivity contribution is 5.51. The molecule has 3 N–H and O–H groups in total. The summed E-state index contributed by atoms with van der Waals surface area (Å²) < 4.78 is 5.60. The molecule has 4 nitrogen and oxygen atoms in total. The molecule has 0 saturated heterocycles. The lowest BCUT2D eigenvalue weighted by Gasteiger charge is -2.28. The van der Waals surface area contributed by atoms with E-state index < -0.39 is 6.10 Å². The number of nitrogens with zero attached hydrogens (tertiary/aromatic N) is 1. The molecule has 0 aliphatic heterocycles. The van der Waals surface area contributed by atoms with Crippen LogP contribution in [0.25, 0.3) is 0 Å². The van der Waals surface area contributed by atoms with Gasteiger partial charge < -0.3 is 15.6 Å². The first-order chi connectivity index (χ1) is 10.0. The van der Waals surface area contributed by atoms with E-state index in [4.69, 9.17) is 10.5 Å².